The molecule has 0 spiro atoms. The maximum Gasteiger partial charge on any atom is 0.333 e. The van der Waals surface area contributed by atoms with Gasteiger partial charge in [0.2, 0.25) is 0 Å². The summed E-state index contributed by atoms with van der Waals surface area (Å²) in [6, 6.07) is 9.58. The number of hydrogen-bond acceptors (Lipinski definition) is 5. The number of aliphatic hydroxyl groups is 1. The van der Waals surface area contributed by atoms with E-state index in [2.05, 4.69) is 0 Å². The van der Waals surface area contributed by atoms with Gasteiger partial charge in [0, 0.05) is 11.1 Å². The Morgan fingerprint density at radius 3 is 2.78 bits per heavy atom. The second kappa shape index (κ2) is 7.73. The Hall–Kier alpha value is -1.69. The Labute approximate surface area is 136 Å². The van der Waals surface area contributed by atoms with E-state index in [4.69, 9.17) is 14.2 Å². The lowest BCUT2D eigenvalue weighted by Crippen LogP contribution is -2.50. The number of ether oxygens (including phenoxy) is 3. The molecule has 0 bridgehead atoms. The topological polar surface area (TPSA) is 65.0 Å². The van der Waals surface area contributed by atoms with Crippen molar-refractivity contribution < 1.29 is 24.1 Å². The van der Waals surface area contributed by atoms with Crippen LogP contribution in [0.4, 0.5) is 0 Å². The molecule has 2 rings (SSSR count). The number of carbonyl (C=O) groups excluding carboxylic acids is 1. The molecule has 0 aliphatic carbocycles. The maximum atomic E-state index is 11.6. The van der Waals surface area contributed by atoms with Crippen LogP contribution in [0.2, 0.25) is 0 Å². The molecule has 126 valence electrons. The first kappa shape index (κ1) is 17.7. The van der Waals surface area contributed by atoms with Crippen molar-refractivity contribution in [1.29, 1.82) is 0 Å². The summed E-state index contributed by atoms with van der Waals surface area (Å²) in [6.45, 7) is 5.64. The Balaban J connectivity index is 2.05. The minimum absolute atomic E-state index is 0.170. The number of esters is 1. The lowest BCUT2D eigenvalue weighted by Gasteiger charge is -2.40. The molecule has 23 heavy (non-hydrogen) atoms. The highest BCUT2D eigenvalue weighted by molar-refractivity contribution is 5.87. The molecule has 1 aliphatic rings. The van der Waals surface area contributed by atoms with Crippen LogP contribution in [0, 0.1) is 0 Å². The molecule has 3 atom stereocenters. The number of rotatable bonds is 5. The highest BCUT2D eigenvalue weighted by Gasteiger charge is 2.40. The summed E-state index contributed by atoms with van der Waals surface area (Å²) >= 11 is 0. The van der Waals surface area contributed by atoms with Crippen molar-refractivity contribution >= 4 is 5.97 Å². The first-order chi connectivity index (χ1) is 10.9. The van der Waals surface area contributed by atoms with Crippen LogP contribution in [0.3, 0.4) is 0 Å². The van der Waals surface area contributed by atoms with E-state index < -0.39 is 18.0 Å². The zero-order valence-corrected chi connectivity index (χ0v) is 13.8. The molecule has 1 aromatic carbocycles. The van der Waals surface area contributed by atoms with Crippen LogP contribution < -0.4 is 0 Å². The standard InChI is InChI=1S/C18H24O5/c1-4-21-16(19)13(2)10-11-15-18(3,20)12-22-17(23-15)14-8-6-5-7-9-14/h5-10,15,17,20H,4,11-12H2,1-3H3/b13-10+/t15-,17+,18+/m0/s1. The Bertz CT molecular complexity index is 550. The fourth-order valence-electron chi connectivity index (χ4n) is 2.38. The quantitative estimate of drug-likeness (QED) is 0.667. The van der Waals surface area contributed by atoms with Gasteiger partial charge >= 0.3 is 5.97 Å². The minimum Gasteiger partial charge on any atom is -0.463 e. The normalized spacial score (nSPS) is 28.4. The van der Waals surface area contributed by atoms with Gasteiger partial charge in [0.1, 0.15) is 5.60 Å². The molecule has 0 unspecified atom stereocenters. The molecule has 5 heteroatoms. The molecule has 0 amide bonds. The van der Waals surface area contributed by atoms with Crippen LogP contribution in [0.1, 0.15) is 39.0 Å². The van der Waals surface area contributed by atoms with Crippen molar-refractivity contribution in [2.24, 2.45) is 0 Å². The number of hydrogen-bond donors (Lipinski definition) is 1. The van der Waals surface area contributed by atoms with Gasteiger partial charge in [0.15, 0.2) is 6.29 Å². The molecular formula is C18H24O5. The first-order valence-electron chi connectivity index (χ1n) is 7.82. The van der Waals surface area contributed by atoms with Crippen molar-refractivity contribution in [3.05, 3.63) is 47.5 Å². The summed E-state index contributed by atoms with van der Waals surface area (Å²) in [5.41, 5.74) is 0.296. The van der Waals surface area contributed by atoms with Crippen molar-refractivity contribution in [1.82, 2.24) is 0 Å². The van der Waals surface area contributed by atoms with Crippen molar-refractivity contribution in [2.45, 2.75) is 45.2 Å². The minimum atomic E-state index is -1.11. The molecule has 1 fully saturated rings. The second-order valence-electron chi connectivity index (χ2n) is 5.88. The third kappa shape index (κ3) is 4.64. The molecule has 1 heterocycles. The molecule has 1 N–H and O–H groups in total. The van der Waals surface area contributed by atoms with Crippen LogP contribution in [0.25, 0.3) is 0 Å². The maximum absolute atomic E-state index is 11.6. The molecular weight excluding hydrogens is 296 g/mol. The summed E-state index contributed by atoms with van der Waals surface area (Å²) in [6.07, 6.45) is 1.16. The summed E-state index contributed by atoms with van der Waals surface area (Å²) < 4.78 is 16.5. The first-order valence-corrected chi connectivity index (χ1v) is 7.82. The molecule has 1 aliphatic heterocycles. The molecule has 1 saturated heterocycles. The summed E-state index contributed by atoms with van der Waals surface area (Å²) in [5, 5.41) is 10.5. The van der Waals surface area contributed by atoms with Gasteiger partial charge < -0.3 is 19.3 Å². The molecule has 5 nitrogen and oxygen atoms in total. The summed E-state index contributed by atoms with van der Waals surface area (Å²) in [7, 11) is 0. The van der Waals surface area contributed by atoms with Gasteiger partial charge in [-0.25, -0.2) is 4.79 Å². The summed E-state index contributed by atoms with van der Waals surface area (Å²) in [4.78, 5) is 11.6. The number of carbonyl (C=O) groups is 1. The third-order valence-corrected chi connectivity index (χ3v) is 3.82. The van der Waals surface area contributed by atoms with E-state index in [0.717, 1.165) is 5.56 Å². The predicted octanol–water partition coefficient (Wildman–Crippen LogP) is 2.75. The summed E-state index contributed by atoms with van der Waals surface area (Å²) in [5.74, 6) is -0.348. The number of benzene rings is 1. The monoisotopic (exact) mass is 320 g/mol. The lowest BCUT2D eigenvalue weighted by molar-refractivity contribution is -0.287. The van der Waals surface area contributed by atoms with Gasteiger partial charge in [-0.15, -0.1) is 0 Å². The van der Waals surface area contributed by atoms with Crippen molar-refractivity contribution in [3.63, 3.8) is 0 Å². The molecule has 0 radical (unpaired) electrons. The van der Waals surface area contributed by atoms with Crippen molar-refractivity contribution in [3.8, 4) is 0 Å². The van der Waals surface area contributed by atoms with E-state index in [0.29, 0.717) is 18.6 Å². The van der Waals surface area contributed by atoms with E-state index >= 15 is 0 Å². The predicted molar refractivity (Wildman–Crippen MR) is 85.6 cm³/mol. The zero-order chi connectivity index (χ0) is 16.9. The van der Waals surface area contributed by atoms with E-state index in [1.807, 2.05) is 30.3 Å². The Morgan fingerprint density at radius 2 is 2.13 bits per heavy atom. The van der Waals surface area contributed by atoms with E-state index in [1.54, 1.807) is 26.8 Å². The van der Waals surface area contributed by atoms with Gasteiger partial charge in [-0.05, 0) is 27.2 Å². The molecule has 0 aromatic heterocycles. The van der Waals surface area contributed by atoms with Crippen LogP contribution in [0.5, 0.6) is 0 Å². The van der Waals surface area contributed by atoms with Crippen LogP contribution in [-0.4, -0.2) is 36.0 Å². The highest BCUT2D eigenvalue weighted by atomic mass is 16.7. The van der Waals surface area contributed by atoms with E-state index in [9.17, 15) is 9.90 Å². The fourth-order valence-corrected chi connectivity index (χ4v) is 2.38. The van der Waals surface area contributed by atoms with Gasteiger partial charge in [-0.3, -0.25) is 0 Å². The second-order valence-corrected chi connectivity index (χ2v) is 5.88. The smallest absolute Gasteiger partial charge is 0.333 e. The SMILES string of the molecule is CCOC(=O)/C(C)=C/C[C@@H]1O[C@H](c2ccccc2)OC[C@@]1(C)O. The van der Waals surface area contributed by atoms with E-state index in [-0.39, 0.29) is 12.6 Å². The molecule has 0 saturated carbocycles. The average molecular weight is 320 g/mol. The van der Waals surface area contributed by atoms with Crippen LogP contribution in [-0.2, 0) is 19.0 Å². The fraction of sp³-hybridized carbons (Fsp3) is 0.500. The van der Waals surface area contributed by atoms with Crippen LogP contribution in [0.15, 0.2) is 42.0 Å². The highest BCUT2D eigenvalue weighted by Crippen LogP contribution is 2.33. The van der Waals surface area contributed by atoms with Crippen LogP contribution >= 0.6 is 0 Å². The Kier molecular flexibility index (Phi) is 5.93. The van der Waals surface area contributed by atoms with Crippen molar-refractivity contribution in [2.75, 3.05) is 13.2 Å². The Morgan fingerprint density at radius 1 is 1.43 bits per heavy atom. The largest absolute Gasteiger partial charge is 0.463 e. The zero-order valence-electron chi connectivity index (χ0n) is 13.8. The van der Waals surface area contributed by atoms with Gasteiger partial charge in [0.25, 0.3) is 0 Å². The average Bonchev–Trinajstić information content (AvgIpc) is 2.54. The molecule has 1 aromatic rings. The lowest BCUT2D eigenvalue weighted by atomic mass is 9.95. The van der Waals surface area contributed by atoms with Gasteiger partial charge in [-0.1, -0.05) is 36.4 Å². The van der Waals surface area contributed by atoms with Gasteiger partial charge in [-0.2, -0.15) is 0 Å². The van der Waals surface area contributed by atoms with E-state index in [1.165, 1.54) is 0 Å². The van der Waals surface area contributed by atoms with Gasteiger partial charge in [0.05, 0.1) is 19.3 Å². The third-order valence-electron chi connectivity index (χ3n) is 3.82.